The molecule has 8 heteroatoms. The van der Waals surface area contributed by atoms with E-state index in [4.69, 9.17) is 4.74 Å². The van der Waals surface area contributed by atoms with Gasteiger partial charge in [0, 0.05) is 17.8 Å². The first-order chi connectivity index (χ1) is 13.5. The Bertz CT molecular complexity index is 1020. The summed E-state index contributed by atoms with van der Waals surface area (Å²) in [5.41, 5.74) is 2.19. The molecule has 0 atom stereocenters. The molecule has 0 fully saturated rings. The van der Waals surface area contributed by atoms with E-state index < -0.39 is 4.92 Å². The molecule has 0 saturated heterocycles. The number of nitrogens with one attached hydrogen (secondary N) is 1. The highest BCUT2D eigenvalue weighted by Crippen LogP contribution is 2.27. The van der Waals surface area contributed by atoms with Crippen LogP contribution in [0.15, 0.2) is 54.6 Å². The largest absolute Gasteiger partial charge is 0.497 e. The van der Waals surface area contributed by atoms with Crippen LogP contribution in [0.4, 0.5) is 16.5 Å². The topological polar surface area (TPSA) is 94.4 Å². The third-order valence-electron chi connectivity index (χ3n) is 3.89. The first kappa shape index (κ1) is 19.2. The summed E-state index contributed by atoms with van der Waals surface area (Å²) in [6.07, 6.45) is 3.25. The number of non-ortho nitro benzene ring substituents is 1. The molecule has 2 aromatic carbocycles. The van der Waals surface area contributed by atoms with Crippen molar-refractivity contribution >= 4 is 39.7 Å². The maximum Gasteiger partial charge on any atom is 0.269 e. The molecule has 3 aromatic rings. The fourth-order valence-electron chi connectivity index (χ4n) is 2.43. The van der Waals surface area contributed by atoms with Gasteiger partial charge in [0.05, 0.1) is 22.6 Å². The molecule has 0 aliphatic heterocycles. The smallest absolute Gasteiger partial charge is 0.269 e. The van der Waals surface area contributed by atoms with E-state index in [0.29, 0.717) is 21.4 Å². The third kappa shape index (κ3) is 4.60. The molecule has 7 nitrogen and oxygen atoms in total. The SMILES string of the molecule is COc1ccc(/C=C/C(=O)c2sc(Nc3ccc([N+](=O)[O-])cc3)nc2C)cc1. The maximum atomic E-state index is 12.5. The van der Waals surface area contributed by atoms with Gasteiger partial charge in [0.1, 0.15) is 5.75 Å². The number of thiazole rings is 1. The second-order valence-corrected chi connectivity index (χ2v) is 6.83. The molecular weight excluding hydrogens is 378 g/mol. The standard InChI is InChI=1S/C20H17N3O4S/c1-13-19(18(24)12-5-14-3-10-17(27-2)11-4-14)28-20(21-13)22-15-6-8-16(9-7-15)23(25)26/h3-12H,1-2H3,(H,21,22)/b12-5+. The summed E-state index contributed by atoms with van der Waals surface area (Å²) in [6, 6.07) is 13.4. The molecule has 142 valence electrons. The van der Waals surface area contributed by atoms with E-state index in [9.17, 15) is 14.9 Å². The summed E-state index contributed by atoms with van der Waals surface area (Å²) >= 11 is 1.24. The molecule has 0 spiro atoms. The van der Waals surface area contributed by atoms with Crippen molar-refractivity contribution in [1.82, 2.24) is 4.98 Å². The number of hydrogen-bond donors (Lipinski definition) is 1. The van der Waals surface area contributed by atoms with E-state index in [1.54, 1.807) is 32.2 Å². The summed E-state index contributed by atoms with van der Waals surface area (Å²) in [5, 5.41) is 14.3. The summed E-state index contributed by atoms with van der Waals surface area (Å²) in [4.78, 5) is 27.7. The van der Waals surface area contributed by atoms with Crippen LogP contribution in [0.25, 0.3) is 6.08 Å². The minimum Gasteiger partial charge on any atom is -0.497 e. The molecule has 1 aromatic heterocycles. The van der Waals surface area contributed by atoms with Crippen LogP contribution in [0, 0.1) is 17.0 Å². The van der Waals surface area contributed by atoms with Crippen LogP contribution in [0.3, 0.4) is 0 Å². The van der Waals surface area contributed by atoms with Crippen molar-refractivity contribution in [3.8, 4) is 5.75 Å². The van der Waals surface area contributed by atoms with E-state index in [-0.39, 0.29) is 11.5 Å². The minimum atomic E-state index is -0.455. The number of carbonyl (C=O) groups is 1. The number of nitro groups is 1. The number of nitrogens with zero attached hydrogens (tertiary/aromatic N) is 2. The number of anilines is 2. The molecule has 0 aliphatic carbocycles. The van der Waals surface area contributed by atoms with Crippen LogP contribution in [0.2, 0.25) is 0 Å². The van der Waals surface area contributed by atoms with Gasteiger partial charge < -0.3 is 10.1 Å². The highest BCUT2D eigenvalue weighted by Gasteiger charge is 2.13. The van der Waals surface area contributed by atoms with Crippen molar-refractivity contribution in [3.05, 3.63) is 80.9 Å². The number of rotatable bonds is 7. The van der Waals surface area contributed by atoms with E-state index in [0.717, 1.165) is 11.3 Å². The van der Waals surface area contributed by atoms with Crippen molar-refractivity contribution < 1.29 is 14.5 Å². The molecule has 0 amide bonds. The Kier molecular flexibility index (Phi) is 5.81. The van der Waals surface area contributed by atoms with Crippen molar-refractivity contribution in [2.45, 2.75) is 6.92 Å². The second kappa shape index (κ2) is 8.45. The van der Waals surface area contributed by atoms with Crippen molar-refractivity contribution in [2.75, 3.05) is 12.4 Å². The Morgan fingerprint density at radius 1 is 1.18 bits per heavy atom. The fraction of sp³-hybridized carbons (Fsp3) is 0.100. The van der Waals surface area contributed by atoms with Gasteiger partial charge in [0.2, 0.25) is 0 Å². The molecule has 0 radical (unpaired) electrons. The summed E-state index contributed by atoms with van der Waals surface area (Å²) < 4.78 is 5.11. The number of nitro benzene ring substituents is 1. The highest BCUT2D eigenvalue weighted by molar-refractivity contribution is 7.17. The Morgan fingerprint density at radius 3 is 2.46 bits per heavy atom. The predicted octanol–water partition coefficient (Wildman–Crippen LogP) is 5.01. The first-order valence-electron chi connectivity index (χ1n) is 8.31. The fourth-order valence-corrected chi connectivity index (χ4v) is 3.34. The van der Waals surface area contributed by atoms with Crippen molar-refractivity contribution in [2.24, 2.45) is 0 Å². The zero-order chi connectivity index (χ0) is 20.1. The average molecular weight is 395 g/mol. The lowest BCUT2D eigenvalue weighted by Gasteiger charge is -2.01. The number of hydrogen-bond acceptors (Lipinski definition) is 7. The molecule has 1 N–H and O–H groups in total. The number of benzene rings is 2. The lowest BCUT2D eigenvalue weighted by Crippen LogP contribution is -1.93. The van der Waals surface area contributed by atoms with Gasteiger partial charge in [-0.1, -0.05) is 29.5 Å². The first-order valence-corrected chi connectivity index (χ1v) is 9.13. The Morgan fingerprint density at radius 2 is 1.86 bits per heavy atom. The van der Waals surface area contributed by atoms with Gasteiger partial charge in [0.25, 0.3) is 5.69 Å². The summed E-state index contributed by atoms with van der Waals surface area (Å²) in [6.45, 7) is 1.77. The van der Waals surface area contributed by atoms with Crippen LogP contribution in [0.1, 0.15) is 20.9 Å². The van der Waals surface area contributed by atoms with Gasteiger partial charge in [0.15, 0.2) is 10.9 Å². The molecule has 0 unspecified atom stereocenters. The van der Waals surface area contributed by atoms with E-state index >= 15 is 0 Å². The van der Waals surface area contributed by atoms with Gasteiger partial charge in [-0.2, -0.15) is 0 Å². The average Bonchev–Trinajstić information content (AvgIpc) is 3.07. The maximum absolute atomic E-state index is 12.5. The van der Waals surface area contributed by atoms with Gasteiger partial charge in [-0.15, -0.1) is 0 Å². The minimum absolute atomic E-state index is 0.0143. The number of aryl methyl sites for hydroxylation is 1. The lowest BCUT2D eigenvalue weighted by atomic mass is 10.1. The normalized spacial score (nSPS) is 10.8. The van der Waals surface area contributed by atoms with Crippen LogP contribution >= 0.6 is 11.3 Å². The third-order valence-corrected chi connectivity index (χ3v) is 4.98. The Hall–Kier alpha value is -3.52. The molecule has 28 heavy (non-hydrogen) atoms. The predicted molar refractivity (Wildman–Crippen MR) is 110 cm³/mol. The number of ketones is 1. The number of allylic oxidation sites excluding steroid dienone is 1. The Balaban J connectivity index is 1.70. The van der Waals surface area contributed by atoms with Crippen LogP contribution in [-0.2, 0) is 0 Å². The monoisotopic (exact) mass is 395 g/mol. The molecule has 0 saturated carbocycles. The lowest BCUT2D eigenvalue weighted by molar-refractivity contribution is -0.384. The molecule has 0 aliphatic rings. The van der Waals surface area contributed by atoms with E-state index in [2.05, 4.69) is 10.3 Å². The molecule has 3 rings (SSSR count). The molecule has 0 bridgehead atoms. The molecule has 1 heterocycles. The van der Waals surface area contributed by atoms with Gasteiger partial charge in [-0.25, -0.2) is 4.98 Å². The van der Waals surface area contributed by atoms with Crippen molar-refractivity contribution in [1.29, 1.82) is 0 Å². The number of ether oxygens (including phenoxy) is 1. The van der Waals surface area contributed by atoms with E-state index in [1.807, 2.05) is 24.3 Å². The number of carbonyl (C=O) groups excluding carboxylic acids is 1. The Labute approximate surface area is 165 Å². The second-order valence-electron chi connectivity index (χ2n) is 5.83. The zero-order valence-electron chi connectivity index (χ0n) is 15.2. The van der Waals surface area contributed by atoms with Gasteiger partial charge >= 0.3 is 0 Å². The van der Waals surface area contributed by atoms with Crippen LogP contribution in [0.5, 0.6) is 5.75 Å². The zero-order valence-corrected chi connectivity index (χ0v) is 16.0. The highest BCUT2D eigenvalue weighted by atomic mass is 32.1. The van der Waals surface area contributed by atoms with Crippen LogP contribution < -0.4 is 10.1 Å². The molecular formula is C20H17N3O4S. The van der Waals surface area contributed by atoms with Crippen molar-refractivity contribution in [3.63, 3.8) is 0 Å². The van der Waals surface area contributed by atoms with Gasteiger partial charge in [-0.3, -0.25) is 14.9 Å². The van der Waals surface area contributed by atoms with Gasteiger partial charge in [-0.05, 0) is 42.8 Å². The van der Waals surface area contributed by atoms with Crippen LogP contribution in [-0.4, -0.2) is 22.8 Å². The summed E-state index contributed by atoms with van der Waals surface area (Å²) in [7, 11) is 1.60. The summed E-state index contributed by atoms with van der Waals surface area (Å²) in [5.74, 6) is 0.617. The van der Waals surface area contributed by atoms with E-state index in [1.165, 1.54) is 29.5 Å². The number of aromatic nitrogens is 1. The number of methoxy groups -OCH3 is 1. The quantitative estimate of drug-likeness (QED) is 0.262.